The van der Waals surface area contributed by atoms with E-state index in [4.69, 9.17) is 5.11 Å². The van der Waals surface area contributed by atoms with Gasteiger partial charge in [0.05, 0.1) is 6.61 Å². The van der Waals surface area contributed by atoms with Gasteiger partial charge < -0.3 is 10.4 Å². The molecule has 0 unspecified atom stereocenters. The van der Waals surface area contributed by atoms with Crippen LogP contribution in [0.5, 0.6) is 0 Å². The van der Waals surface area contributed by atoms with Gasteiger partial charge in [-0.1, -0.05) is 25.1 Å². The maximum Gasteiger partial charge on any atom is 0.0632 e. The van der Waals surface area contributed by atoms with E-state index < -0.39 is 0 Å². The van der Waals surface area contributed by atoms with Gasteiger partial charge in [0.25, 0.3) is 0 Å². The van der Waals surface area contributed by atoms with Crippen molar-refractivity contribution in [1.29, 1.82) is 0 Å². The van der Waals surface area contributed by atoms with Gasteiger partial charge in [-0.25, -0.2) is 0 Å². The van der Waals surface area contributed by atoms with Gasteiger partial charge in [-0.05, 0) is 18.6 Å². The summed E-state index contributed by atoms with van der Waals surface area (Å²) in [4.78, 5) is 0. The van der Waals surface area contributed by atoms with Crippen molar-refractivity contribution in [2.75, 3.05) is 11.9 Å². The molecule has 0 aliphatic heterocycles. The summed E-state index contributed by atoms with van der Waals surface area (Å²) >= 11 is 0. The normalized spacial score (nSPS) is 12.5. The number of anilines is 1. The molecule has 0 bridgehead atoms. The van der Waals surface area contributed by atoms with Gasteiger partial charge in [0.1, 0.15) is 0 Å². The van der Waals surface area contributed by atoms with E-state index in [0.717, 1.165) is 12.1 Å². The van der Waals surface area contributed by atoms with Crippen LogP contribution in [0.1, 0.15) is 13.3 Å². The number of para-hydroxylation sites is 1. The summed E-state index contributed by atoms with van der Waals surface area (Å²) in [5.74, 6) is 0. The first kappa shape index (κ1) is 9.07. The third-order valence-corrected chi connectivity index (χ3v) is 1.86. The average Bonchev–Trinajstić information content (AvgIpc) is 2.16. The Morgan fingerprint density at radius 3 is 2.50 bits per heavy atom. The van der Waals surface area contributed by atoms with E-state index in [2.05, 4.69) is 12.2 Å². The molecule has 66 valence electrons. The number of nitrogens with one attached hydrogen (secondary N) is 1. The van der Waals surface area contributed by atoms with E-state index in [1.807, 2.05) is 30.3 Å². The molecule has 0 saturated heterocycles. The molecule has 2 N–H and O–H groups in total. The Morgan fingerprint density at radius 1 is 1.33 bits per heavy atom. The van der Waals surface area contributed by atoms with Gasteiger partial charge in [0.15, 0.2) is 0 Å². The molecule has 0 radical (unpaired) electrons. The fraction of sp³-hybridized carbons (Fsp3) is 0.400. The molecular formula is C10H15NO. The first-order chi connectivity index (χ1) is 5.86. The standard InChI is InChI=1S/C10H15NO/c1-2-9(8-12)11-10-6-4-3-5-7-10/h3-7,9,11-12H,2,8H2,1H3/t9-/m1/s1. The molecule has 1 atom stereocenters. The van der Waals surface area contributed by atoms with Crippen molar-refractivity contribution < 1.29 is 5.11 Å². The highest BCUT2D eigenvalue weighted by Gasteiger charge is 2.01. The van der Waals surface area contributed by atoms with E-state index in [0.29, 0.717) is 0 Å². The quantitative estimate of drug-likeness (QED) is 0.713. The fourth-order valence-electron chi connectivity index (χ4n) is 1.05. The molecule has 0 aliphatic rings. The van der Waals surface area contributed by atoms with Crippen LogP contribution in [0.2, 0.25) is 0 Å². The summed E-state index contributed by atoms with van der Waals surface area (Å²) < 4.78 is 0. The Bertz CT molecular complexity index is 206. The van der Waals surface area contributed by atoms with Crippen molar-refractivity contribution in [1.82, 2.24) is 0 Å². The van der Waals surface area contributed by atoms with Gasteiger partial charge in [0.2, 0.25) is 0 Å². The average molecular weight is 165 g/mol. The predicted molar refractivity (Wildman–Crippen MR) is 51.2 cm³/mol. The smallest absolute Gasteiger partial charge is 0.0632 e. The van der Waals surface area contributed by atoms with Gasteiger partial charge in [-0.2, -0.15) is 0 Å². The molecule has 12 heavy (non-hydrogen) atoms. The van der Waals surface area contributed by atoms with Crippen molar-refractivity contribution in [3.05, 3.63) is 30.3 Å². The summed E-state index contributed by atoms with van der Waals surface area (Å²) in [5.41, 5.74) is 1.07. The predicted octanol–water partition coefficient (Wildman–Crippen LogP) is 1.87. The van der Waals surface area contributed by atoms with E-state index in [1.54, 1.807) is 0 Å². The van der Waals surface area contributed by atoms with Crippen LogP contribution >= 0.6 is 0 Å². The summed E-state index contributed by atoms with van der Waals surface area (Å²) in [6, 6.07) is 10.1. The largest absolute Gasteiger partial charge is 0.394 e. The van der Waals surface area contributed by atoms with E-state index in [1.165, 1.54) is 0 Å². The summed E-state index contributed by atoms with van der Waals surface area (Å²) in [7, 11) is 0. The zero-order chi connectivity index (χ0) is 8.81. The van der Waals surface area contributed by atoms with Crippen LogP contribution in [0.25, 0.3) is 0 Å². The number of aliphatic hydroxyl groups excluding tert-OH is 1. The lowest BCUT2D eigenvalue weighted by molar-refractivity contribution is 0.272. The molecule has 0 aromatic heterocycles. The molecule has 0 fully saturated rings. The zero-order valence-corrected chi connectivity index (χ0v) is 7.33. The van der Waals surface area contributed by atoms with Gasteiger partial charge in [0, 0.05) is 11.7 Å². The summed E-state index contributed by atoms with van der Waals surface area (Å²) in [5, 5.41) is 12.2. The Balaban J connectivity index is 2.51. The third kappa shape index (κ3) is 2.55. The Labute approximate surface area is 73.2 Å². The number of aliphatic hydroxyl groups is 1. The highest BCUT2D eigenvalue weighted by molar-refractivity contribution is 5.43. The maximum atomic E-state index is 8.92. The number of hydrogen-bond acceptors (Lipinski definition) is 2. The van der Waals surface area contributed by atoms with E-state index in [-0.39, 0.29) is 12.6 Å². The monoisotopic (exact) mass is 165 g/mol. The van der Waals surface area contributed by atoms with E-state index >= 15 is 0 Å². The molecule has 2 nitrogen and oxygen atoms in total. The molecule has 1 rings (SSSR count). The highest BCUT2D eigenvalue weighted by Crippen LogP contribution is 2.07. The number of hydrogen-bond donors (Lipinski definition) is 2. The van der Waals surface area contributed by atoms with E-state index in [9.17, 15) is 0 Å². The second kappa shape index (κ2) is 4.78. The molecule has 1 aromatic carbocycles. The number of rotatable bonds is 4. The maximum absolute atomic E-state index is 8.92. The third-order valence-electron chi connectivity index (χ3n) is 1.86. The number of benzene rings is 1. The van der Waals surface area contributed by atoms with Gasteiger partial charge in [-0.3, -0.25) is 0 Å². The van der Waals surface area contributed by atoms with Crippen molar-refractivity contribution in [2.45, 2.75) is 19.4 Å². The zero-order valence-electron chi connectivity index (χ0n) is 7.33. The minimum absolute atomic E-state index is 0.174. The molecule has 0 spiro atoms. The Kier molecular flexibility index (Phi) is 3.61. The first-order valence-corrected chi connectivity index (χ1v) is 4.29. The van der Waals surface area contributed by atoms with Crippen LogP contribution in [0, 0.1) is 0 Å². The summed E-state index contributed by atoms with van der Waals surface area (Å²) in [6.45, 7) is 2.24. The molecule has 0 saturated carbocycles. The van der Waals surface area contributed by atoms with Gasteiger partial charge >= 0.3 is 0 Å². The minimum atomic E-state index is 0.174. The Hall–Kier alpha value is -1.02. The molecule has 0 aliphatic carbocycles. The van der Waals surface area contributed by atoms with Gasteiger partial charge in [-0.15, -0.1) is 0 Å². The lowest BCUT2D eigenvalue weighted by Crippen LogP contribution is -2.22. The van der Waals surface area contributed by atoms with Crippen LogP contribution in [-0.4, -0.2) is 17.8 Å². The molecule has 0 amide bonds. The Morgan fingerprint density at radius 2 is 2.00 bits per heavy atom. The van der Waals surface area contributed by atoms with Crippen LogP contribution in [-0.2, 0) is 0 Å². The highest BCUT2D eigenvalue weighted by atomic mass is 16.3. The van der Waals surface area contributed by atoms with Crippen LogP contribution < -0.4 is 5.32 Å². The molecule has 2 heteroatoms. The van der Waals surface area contributed by atoms with Crippen LogP contribution in [0.3, 0.4) is 0 Å². The summed E-state index contributed by atoms with van der Waals surface area (Å²) in [6.07, 6.45) is 0.936. The first-order valence-electron chi connectivity index (χ1n) is 4.29. The molecule has 1 aromatic rings. The SMILES string of the molecule is CC[C@H](CO)Nc1ccccc1. The topological polar surface area (TPSA) is 32.3 Å². The van der Waals surface area contributed by atoms with Crippen molar-refractivity contribution in [3.63, 3.8) is 0 Å². The van der Waals surface area contributed by atoms with Crippen LogP contribution in [0.4, 0.5) is 5.69 Å². The van der Waals surface area contributed by atoms with Crippen molar-refractivity contribution in [2.24, 2.45) is 0 Å². The molecular weight excluding hydrogens is 150 g/mol. The second-order valence-electron chi connectivity index (χ2n) is 2.80. The lowest BCUT2D eigenvalue weighted by atomic mass is 10.2. The second-order valence-corrected chi connectivity index (χ2v) is 2.80. The molecule has 0 heterocycles. The fourth-order valence-corrected chi connectivity index (χ4v) is 1.05. The van der Waals surface area contributed by atoms with Crippen molar-refractivity contribution >= 4 is 5.69 Å². The van der Waals surface area contributed by atoms with Crippen LogP contribution in [0.15, 0.2) is 30.3 Å². The minimum Gasteiger partial charge on any atom is -0.394 e. The lowest BCUT2D eigenvalue weighted by Gasteiger charge is -2.14. The van der Waals surface area contributed by atoms with Crippen molar-refractivity contribution in [3.8, 4) is 0 Å².